The Bertz CT molecular complexity index is 710. The van der Waals surface area contributed by atoms with E-state index in [1.54, 1.807) is 7.11 Å². The fourth-order valence-electron chi connectivity index (χ4n) is 2.31. The molecule has 5 nitrogen and oxygen atoms in total. The first-order valence-electron chi connectivity index (χ1n) is 8.33. The zero-order chi connectivity index (χ0) is 18.3. The standard InChI is InChI=1S/C20H27N3O2.HI/c1-20(2,3)15-9-11-16(12-10-15)25-14-13-22-19(21)23-17-7-5-6-8-18(17)24-4;/h5-12H,13-14H2,1-4H3,(H3,21,22,23);1H. The normalized spacial score (nSPS) is 11.5. The highest BCUT2D eigenvalue weighted by Gasteiger charge is 2.12. The first kappa shape index (κ1) is 22.1. The Kier molecular flexibility index (Phi) is 8.71. The molecule has 3 N–H and O–H groups in total. The minimum absolute atomic E-state index is 0. The van der Waals surface area contributed by atoms with Crippen LogP contribution in [0.5, 0.6) is 11.5 Å². The van der Waals surface area contributed by atoms with E-state index in [2.05, 4.69) is 43.2 Å². The molecule has 2 aromatic carbocycles. The Balaban J connectivity index is 0.00000338. The second kappa shape index (κ2) is 10.3. The summed E-state index contributed by atoms with van der Waals surface area (Å²) in [4.78, 5) is 4.27. The molecule has 0 fully saturated rings. The first-order chi connectivity index (χ1) is 11.9. The van der Waals surface area contributed by atoms with Crippen molar-refractivity contribution in [1.82, 2.24) is 0 Å². The second-order valence-electron chi connectivity index (χ2n) is 6.72. The topological polar surface area (TPSA) is 68.9 Å². The molecule has 2 aromatic rings. The van der Waals surface area contributed by atoms with E-state index in [1.165, 1.54) is 5.56 Å². The van der Waals surface area contributed by atoms with Gasteiger partial charge >= 0.3 is 0 Å². The van der Waals surface area contributed by atoms with Crippen LogP contribution >= 0.6 is 24.0 Å². The van der Waals surface area contributed by atoms with Gasteiger partial charge in [-0.05, 0) is 35.2 Å². The number of anilines is 1. The Hall–Kier alpha value is -1.96. The van der Waals surface area contributed by atoms with Crippen LogP contribution in [0.15, 0.2) is 53.5 Å². The molecule has 0 saturated heterocycles. The average molecular weight is 469 g/mol. The number of para-hydroxylation sites is 2. The van der Waals surface area contributed by atoms with Crippen LogP contribution in [0.2, 0.25) is 0 Å². The maximum atomic E-state index is 5.90. The average Bonchev–Trinajstić information content (AvgIpc) is 2.59. The summed E-state index contributed by atoms with van der Waals surface area (Å²) in [7, 11) is 1.62. The van der Waals surface area contributed by atoms with Gasteiger partial charge in [-0.2, -0.15) is 0 Å². The largest absolute Gasteiger partial charge is 0.495 e. The molecule has 142 valence electrons. The number of ether oxygens (including phenoxy) is 2. The number of guanidine groups is 1. The van der Waals surface area contributed by atoms with Gasteiger partial charge in [0.2, 0.25) is 0 Å². The Morgan fingerprint density at radius 1 is 1.08 bits per heavy atom. The van der Waals surface area contributed by atoms with E-state index in [9.17, 15) is 0 Å². The molecule has 0 unspecified atom stereocenters. The van der Waals surface area contributed by atoms with Crippen molar-refractivity contribution in [2.45, 2.75) is 26.2 Å². The van der Waals surface area contributed by atoms with Crippen LogP contribution in [0.25, 0.3) is 0 Å². The molecule has 0 bridgehead atoms. The van der Waals surface area contributed by atoms with Gasteiger partial charge in [0.1, 0.15) is 18.1 Å². The summed E-state index contributed by atoms with van der Waals surface area (Å²) in [5, 5.41) is 3.03. The van der Waals surface area contributed by atoms with Crippen molar-refractivity contribution in [3.05, 3.63) is 54.1 Å². The highest BCUT2D eigenvalue weighted by Crippen LogP contribution is 2.24. The number of benzene rings is 2. The summed E-state index contributed by atoms with van der Waals surface area (Å²) >= 11 is 0. The van der Waals surface area contributed by atoms with E-state index in [0.717, 1.165) is 17.2 Å². The summed E-state index contributed by atoms with van der Waals surface area (Å²) in [6.07, 6.45) is 0. The molecule has 26 heavy (non-hydrogen) atoms. The summed E-state index contributed by atoms with van der Waals surface area (Å²) in [5.41, 5.74) is 8.11. The van der Waals surface area contributed by atoms with E-state index in [4.69, 9.17) is 15.2 Å². The highest BCUT2D eigenvalue weighted by molar-refractivity contribution is 14.0. The fraction of sp³-hybridized carbons (Fsp3) is 0.350. The number of nitrogens with one attached hydrogen (secondary N) is 1. The molecular formula is C20H28IN3O2. The quantitative estimate of drug-likeness (QED) is 0.285. The maximum Gasteiger partial charge on any atom is 0.193 e. The first-order valence-corrected chi connectivity index (χ1v) is 8.33. The summed E-state index contributed by atoms with van der Waals surface area (Å²) in [5.74, 6) is 1.88. The van der Waals surface area contributed by atoms with E-state index in [-0.39, 0.29) is 29.4 Å². The number of hydrogen-bond acceptors (Lipinski definition) is 3. The van der Waals surface area contributed by atoms with Crippen molar-refractivity contribution < 1.29 is 9.47 Å². The van der Waals surface area contributed by atoms with Crippen LogP contribution < -0.4 is 20.5 Å². The molecular weight excluding hydrogens is 441 g/mol. The minimum Gasteiger partial charge on any atom is -0.495 e. The van der Waals surface area contributed by atoms with Crippen molar-refractivity contribution in [3.63, 3.8) is 0 Å². The maximum absolute atomic E-state index is 5.90. The smallest absolute Gasteiger partial charge is 0.193 e. The molecule has 0 aliphatic rings. The zero-order valence-electron chi connectivity index (χ0n) is 15.8. The van der Waals surface area contributed by atoms with E-state index in [0.29, 0.717) is 19.1 Å². The molecule has 0 radical (unpaired) electrons. The summed E-state index contributed by atoms with van der Waals surface area (Å²) in [6.45, 7) is 7.50. The molecule has 0 aliphatic carbocycles. The third-order valence-electron chi connectivity index (χ3n) is 3.73. The third-order valence-corrected chi connectivity index (χ3v) is 3.73. The van der Waals surface area contributed by atoms with Crippen LogP contribution in [-0.2, 0) is 5.41 Å². The van der Waals surface area contributed by atoms with Crippen LogP contribution in [-0.4, -0.2) is 26.2 Å². The van der Waals surface area contributed by atoms with Crippen molar-refractivity contribution in [3.8, 4) is 11.5 Å². The predicted octanol–water partition coefficient (Wildman–Crippen LogP) is 4.42. The lowest BCUT2D eigenvalue weighted by Gasteiger charge is -2.19. The van der Waals surface area contributed by atoms with Crippen molar-refractivity contribution >= 4 is 35.6 Å². The molecule has 0 aliphatic heterocycles. The monoisotopic (exact) mass is 469 g/mol. The van der Waals surface area contributed by atoms with E-state index < -0.39 is 0 Å². The molecule has 0 saturated carbocycles. The number of rotatable bonds is 6. The third kappa shape index (κ3) is 6.74. The number of hydrogen-bond donors (Lipinski definition) is 2. The zero-order valence-corrected chi connectivity index (χ0v) is 18.1. The number of nitrogens with two attached hydrogens (primary N) is 1. The van der Waals surface area contributed by atoms with Gasteiger partial charge in [-0.25, -0.2) is 4.99 Å². The second-order valence-corrected chi connectivity index (χ2v) is 6.72. The molecule has 2 rings (SSSR count). The highest BCUT2D eigenvalue weighted by atomic mass is 127. The Morgan fingerprint density at radius 3 is 2.35 bits per heavy atom. The van der Waals surface area contributed by atoms with E-state index >= 15 is 0 Å². The van der Waals surface area contributed by atoms with Crippen LogP contribution in [0, 0.1) is 0 Å². The van der Waals surface area contributed by atoms with Gasteiger partial charge in [0, 0.05) is 0 Å². The number of methoxy groups -OCH3 is 1. The number of aliphatic imine (C=N–C) groups is 1. The molecule has 0 spiro atoms. The fourth-order valence-corrected chi connectivity index (χ4v) is 2.31. The van der Waals surface area contributed by atoms with Gasteiger partial charge in [0.05, 0.1) is 19.3 Å². The van der Waals surface area contributed by atoms with Gasteiger partial charge in [-0.15, -0.1) is 24.0 Å². The Labute approximate surface area is 173 Å². The predicted molar refractivity (Wildman–Crippen MR) is 119 cm³/mol. The molecule has 0 aromatic heterocycles. The Morgan fingerprint density at radius 2 is 1.73 bits per heavy atom. The van der Waals surface area contributed by atoms with Crippen molar-refractivity contribution in [2.75, 3.05) is 25.6 Å². The molecule has 0 heterocycles. The number of nitrogens with zero attached hydrogens (tertiary/aromatic N) is 1. The number of halogens is 1. The van der Waals surface area contributed by atoms with Gasteiger partial charge in [-0.1, -0.05) is 45.0 Å². The van der Waals surface area contributed by atoms with Gasteiger partial charge in [0.15, 0.2) is 5.96 Å². The van der Waals surface area contributed by atoms with Crippen LogP contribution in [0.3, 0.4) is 0 Å². The lowest BCUT2D eigenvalue weighted by molar-refractivity contribution is 0.328. The summed E-state index contributed by atoms with van der Waals surface area (Å²) in [6, 6.07) is 15.7. The van der Waals surface area contributed by atoms with Crippen molar-refractivity contribution in [1.29, 1.82) is 0 Å². The van der Waals surface area contributed by atoms with Gasteiger partial charge in [-0.3, -0.25) is 0 Å². The van der Waals surface area contributed by atoms with Gasteiger partial charge in [0.25, 0.3) is 0 Å². The molecule has 6 heteroatoms. The van der Waals surface area contributed by atoms with Gasteiger partial charge < -0.3 is 20.5 Å². The lowest BCUT2D eigenvalue weighted by Crippen LogP contribution is -2.23. The van der Waals surface area contributed by atoms with Crippen LogP contribution in [0.1, 0.15) is 26.3 Å². The van der Waals surface area contributed by atoms with E-state index in [1.807, 2.05) is 36.4 Å². The van der Waals surface area contributed by atoms with Crippen LogP contribution in [0.4, 0.5) is 5.69 Å². The molecule has 0 amide bonds. The van der Waals surface area contributed by atoms with Crippen molar-refractivity contribution in [2.24, 2.45) is 10.7 Å². The lowest BCUT2D eigenvalue weighted by atomic mass is 9.87. The summed E-state index contributed by atoms with van der Waals surface area (Å²) < 4.78 is 11.0. The molecule has 0 atom stereocenters. The minimum atomic E-state index is 0. The SMILES string of the molecule is COc1ccccc1NC(N)=NCCOc1ccc(C(C)(C)C)cc1.I.